The molecule has 2 aromatic heterocycles. The van der Waals surface area contributed by atoms with Gasteiger partial charge in [-0.1, -0.05) is 29.8 Å². The third kappa shape index (κ3) is 3.75. The quantitative estimate of drug-likeness (QED) is 0.792. The van der Waals surface area contributed by atoms with E-state index in [-0.39, 0.29) is 18.0 Å². The summed E-state index contributed by atoms with van der Waals surface area (Å²) < 4.78 is 1.16. The van der Waals surface area contributed by atoms with Crippen molar-refractivity contribution >= 4 is 22.4 Å². The molecule has 0 unspecified atom stereocenters. The van der Waals surface area contributed by atoms with Gasteiger partial charge in [0, 0.05) is 17.0 Å². The van der Waals surface area contributed by atoms with Crippen molar-refractivity contribution in [1.29, 1.82) is 0 Å². The van der Waals surface area contributed by atoms with Crippen LogP contribution < -0.4 is 10.9 Å². The second-order valence-corrected chi connectivity index (χ2v) is 6.28. The Morgan fingerprint density at radius 1 is 1.17 bits per heavy atom. The molecule has 1 N–H and O–H groups in total. The summed E-state index contributed by atoms with van der Waals surface area (Å²) in [6.07, 6.45) is 0. The first-order chi connectivity index (χ1) is 11.5. The summed E-state index contributed by atoms with van der Waals surface area (Å²) in [5, 5.41) is 9.32. The number of hydrogen-bond acceptors (Lipinski definition) is 5. The molecule has 6 nitrogen and oxygen atoms in total. The molecule has 0 saturated carbocycles. The van der Waals surface area contributed by atoms with Crippen LogP contribution >= 0.6 is 11.3 Å². The molecule has 122 valence electrons. The van der Waals surface area contributed by atoms with E-state index in [9.17, 15) is 9.59 Å². The molecule has 0 atom stereocenters. The van der Waals surface area contributed by atoms with E-state index < -0.39 is 0 Å². The fourth-order valence-corrected chi connectivity index (χ4v) is 2.85. The van der Waals surface area contributed by atoms with Gasteiger partial charge in [0.15, 0.2) is 5.13 Å². The van der Waals surface area contributed by atoms with Crippen molar-refractivity contribution in [2.45, 2.75) is 20.4 Å². The maximum Gasteiger partial charge on any atom is 0.267 e. The van der Waals surface area contributed by atoms with E-state index in [1.807, 2.05) is 43.5 Å². The van der Waals surface area contributed by atoms with Gasteiger partial charge in [0.2, 0.25) is 5.91 Å². The first-order valence-electron chi connectivity index (χ1n) is 7.38. The SMILES string of the molecule is Cc1ccc(-c2ccc(=O)n(CC(=O)Nc3nc(C)cs3)n2)cc1. The molecule has 0 aliphatic carbocycles. The number of anilines is 1. The van der Waals surface area contributed by atoms with Crippen molar-refractivity contribution in [3.05, 3.63) is 63.4 Å². The third-order valence-electron chi connectivity index (χ3n) is 3.37. The van der Waals surface area contributed by atoms with Gasteiger partial charge in [0.1, 0.15) is 6.54 Å². The van der Waals surface area contributed by atoms with Gasteiger partial charge >= 0.3 is 0 Å². The van der Waals surface area contributed by atoms with Gasteiger partial charge in [-0.2, -0.15) is 5.10 Å². The molecular weight excluding hydrogens is 324 g/mol. The van der Waals surface area contributed by atoms with Crippen LogP contribution in [0.25, 0.3) is 11.3 Å². The highest BCUT2D eigenvalue weighted by Crippen LogP contribution is 2.16. The number of carbonyl (C=O) groups is 1. The van der Waals surface area contributed by atoms with Crippen LogP contribution in [0.3, 0.4) is 0 Å². The van der Waals surface area contributed by atoms with Crippen LogP contribution in [0.2, 0.25) is 0 Å². The predicted octanol–water partition coefficient (Wildman–Crippen LogP) is 2.62. The number of hydrogen-bond donors (Lipinski definition) is 1. The van der Waals surface area contributed by atoms with E-state index in [1.54, 1.807) is 6.07 Å². The molecule has 3 rings (SSSR count). The minimum Gasteiger partial charge on any atom is -0.300 e. The zero-order chi connectivity index (χ0) is 17.1. The number of rotatable bonds is 4. The lowest BCUT2D eigenvalue weighted by Crippen LogP contribution is -2.29. The van der Waals surface area contributed by atoms with Crippen molar-refractivity contribution < 1.29 is 4.79 Å². The molecule has 2 heterocycles. The Balaban J connectivity index is 1.80. The van der Waals surface area contributed by atoms with Gasteiger partial charge < -0.3 is 5.32 Å². The smallest absolute Gasteiger partial charge is 0.267 e. The second-order valence-electron chi connectivity index (χ2n) is 5.42. The summed E-state index contributed by atoms with van der Waals surface area (Å²) in [6, 6.07) is 10.9. The Labute approximate surface area is 142 Å². The highest BCUT2D eigenvalue weighted by atomic mass is 32.1. The van der Waals surface area contributed by atoms with Gasteiger partial charge in [-0.05, 0) is 19.9 Å². The maximum atomic E-state index is 12.1. The zero-order valence-electron chi connectivity index (χ0n) is 13.3. The molecule has 0 radical (unpaired) electrons. The van der Waals surface area contributed by atoms with Crippen molar-refractivity contribution in [3.8, 4) is 11.3 Å². The van der Waals surface area contributed by atoms with Crippen molar-refractivity contribution in [2.24, 2.45) is 0 Å². The first-order valence-corrected chi connectivity index (χ1v) is 8.26. The lowest BCUT2D eigenvalue weighted by Gasteiger charge is -2.07. The minimum absolute atomic E-state index is 0.156. The van der Waals surface area contributed by atoms with Crippen LogP contribution in [0.5, 0.6) is 0 Å². The zero-order valence-corrected chi connectivity index (χ0v) is 14.1. The normalized spacial score (nSPS) is 10.6. The van der Waals surface area contributed by atoms with E-state index in [1.165, 1.54) is 17.4 Å². The topological polar surface area (TPSA) is 76.9 Å². The molecule has 1 aromatic carbocycles. The Morgan fingerprint density at radius 3 is 2.58 bits per heavy atom. The first kappa shape index (κ1) is 16.1. The molecule has 1 amide bonds. The summed E-state index contributed by atoms with van der Waals surface area (Å²) in [7, 11) is 0. The fraction of sp³-hybridized carbons (Fsp3) is 0.176. The number of nitrogens with one attached hydrogen (secondary N) is 1. The molecular formula is C17H16N4O2S. The number of nitrogens with zero attached hydrogens (tertiary/aromatic N) is 3. The molecule has 0 spiro atoms. The van der Waals surface area contributed by atoms with E-state index in [0.717, 1.165) is 21.5 Å². The number of aromatic nitrogens is 3. The maximum absolute atomic E-state index is 12.1. The lowest BCUT2D eigenvalue weighted by molar-refractivity contribution is -0.117. The minimum atomic E-state index is -0.333. The van der Waals surface area contributed by atoms with Crippen LogP contribution in [0, 0.1) is 13.8 Å². The highest BCUT2D eigenvalue weighted by Gasteiger charge is 2.10. The van der Waals surface area contributed by atoms with E-state index in [4.69, 9.17) is 0 Å². The molecule has 3 aromatic rings. The van der Waals surface area contributed by atoms with Gasteiger partial charge in [-0.15, -0.1) is 11.3 Å². The fourth-order valence-electron chi connectivity index (χ4n) is 2.15. The monoisotopic (exact) mass is 340 g/mol. The lowest BCUT2D eigenvalue weighted by atomic mass is 10.1. The Kier molecular flexibility index (Phi) is 4.52. The van der Waals surface area contributed by atoms with Crippen LogP contribution in [-0.2, 0) is 11.3 Å². The molecule has 0 aliphatic rings. The Bertz CT molecular complexity index is 928. The standard InChI is InChI=1S/C17H16N4O2S/c1-11-3-5-13(6-4-11)14-7-8-16(23)21(20-14)9-15(22)19-17-18-12(2)10-24-17/h3-8,10H,9H2,1-2H3,(H,18,19,22). The Hall–Kier alpha value is -2.80. The summed E-state index contributed by atoms with van der Waals surface area (Å²) in [5.74, 6) is -0.333. The number of carbonyl (C=O) groups excluding carboxylic acids is 1. The van der Waals surface area contributed by atoms with Gasteiger partial charge in [0.05, 0.1) is 11.4 Å². The van der Waals surface area contributed by atoms with Gasteiger partial charge in [-0.3, -0.25) is 9.59 Å². The molecule has 0 bridgehead atoms. The number of thiazole rings is 1. The predicted molar refractivity (Wildman–Crippen MR) is 94.2 cm³/mol. The molecule has 0 saturated heterocycles. The Morgan fingerprint density at radius 2 is 1.92 bits per heavy atom. The molecule has 24 heavy (non-hydrogen) atoms. The van der Waals surface area contributed by atoms with Crippen molar-refractivity contribution in [2.75, 3.05) is 5.32 Å². The summed E-state index contributed by atoms with van der Waals surface area (Å²) in [4.78, 5) is 28.2. The van der Waals surface area contributed by atoms with Crippen LogP contribution in [0.4, 0.5) is 5.13 Å². The number of amides is 1. The van der Waals surface area contributed by atoms with Crippen LogP contribution in [0.15, 0.2) is 46.6 Å². The average Bonchev–Trinajstić information content (AvgIpc) is 2.95. The van der Waals surface area contributed by atoms with E-state index in [0.29, 0.717) is 10.8 Å². The van der Waals surface area contributed by atoms with Crippen LogP contribution in [0.1, 0.15) is 11.3 Å². The molecule has 0 aliphatic heterocycles. The van der Waals surface area contributed by atoms with Crippen molar-refractivity contribution in [1.82, 2.24) is 14.8 Å². The van der Waals surface area contributed by atoms with E-state index >= 15 is 0 Å². The average molecular weight is 340 g/mol. The van der Waals surface area contributed by atoms with Gasteiger partial charge in [0.25, 0.3) is 5.56 Å². The largest absolute Gasteiger partial charge is 0.300 e. The number of aryl methyl sites for hydroxylation is 2. The molecule has 7 heteroatoms. The second kappa shape index (κ2) is 6.76. The van der Waals surface area contributed by atoms with Crippen LogP contribution in [-0.4, -0.2) is 20.7 Å². The summed E-state index contributed by atoms with van der Waals surface area (Å²) in [5.41, 5.74) is 3.20. The number of benzene rings is 1. The summed E-state index contributed by atoms with van der Waals surface area (Å²) >= 11 is 1.34. The van der Waals surface area contributed by atoms with Crippen molar-refractivity contribution in [3.63, 3.8) is 0 Å². The highest BCUT2D eigenvalue weighted by molar-refractivity contribution is 7.13. The van der Waals surface area contributed by atoms with E-state index in [2.05, 4.69) is 15.4 Å². The molecule has 0 fully saturated rings. The summed E-state index contributed by atoms with van der Waals surface area (Å²) in [6.45, 7) is 3.70. The van der Waals surface area contributed by atoms with Gasteiger partial charge in [-0.25, -0.2) is 9.67 Å². The third-order valence-corrected chi connectivity index (χ3v) is 4.25.